The maximum absolute atomic E-state index is 12.0. The van der Waals surface area contributed by atoms with Gasteiger partial charge >= 0.3 is 12.0 Å². The SMILES string of the molecule is O=C(Nc1cccc(Cl)c1)NC(C(=O)O)C1CCCCC1. The number of hydrogen-bond acceptors (Lipinski definition) is 2. The van der Waals surface area contributed by atoms with Gasteiger partial charge in [-0.3, -0.25) is 0 Å². The van der Waals surface area contributed by atoms with Crippen LogP contribution in [0.2, 0.25) is 5.02 Å². The minimum atomic E-state index is -0.983. The third kappa shape index (κ3) is 4.63. The Morgan fingerprint density at radius 3 is 2.57 bits per heavy atom. The number of carbonyl (C=O) groups is 2. The van der Waals surface area contributed by atoms with E-state index in [1.54, 1.807) is 24.3 Å². The number of carboxylic acid groups (broad SMARTS) is 1. The second kappa shape index (κ2) is 7.31. The molecular weight excluding hydrogens is 292 g/mol. The van der Waals surface area contributed by atoms with Crippen molar-refractivity contribution in [2.24, 2.45) is 5.92 Å². The lowest BCUT2D eigenvalue weighted by Gasteiger charge is -2.28. The minimum absolute atomic E-state index is 0.00126. The number of urea groups is 1. The number of anilines is 1. The molecule has 6 heteroatoms. The third-order valence-corrected chi connectivity index (χ3v) is 3.99. The van der Waals surface area contributed by atoms with Crippen LogP contribution in [0.5, 0.6) is 0 Å². The summed E-state index contributed by atoms with van der Waals surface area (Å²) in [4.78, 5) is 23.3. The zero-order valence-electron chi connectivity index (χ0n) is 11.6. The molecule has 1 aromatic carbocycles. The van der Waals surface area contributed by atoms with E-state index in [0.717, 1.165) is 32.1 Å². The lowest BCUT2D eigenvalue weighted by atomic mass is 9.84. The van der Waals surface area contributed by atoms with E-state index in [9.17, 15) is 14.7 Å². The molecule has 1 fully saturated rings. The van der Waals surface area contributed by atoms with Gasteiger partial charge < -0.3 is 15.7 Å². The molecule has 1 unspecified atom stereocenters. The van der Waals surface area contributed by atoms with Crippen molar-refractivity contribution in [1.29, 1.82) is 0 Å². The van der Waals surface area contributed by atoms with Crippen molar-refractivity contribution in [2.75, 3.05) is 5.32 Å². The summed E-state index contributed by atoms with van der Waals surface area (Å²) < 4.78 is 0. The van der Waals surface area contributed by atoms with Crippen molar-refractivity contribution in [3.8, 4) is 0 Å². The molecule has 114 valence electrons. The van der Waals surface area contributed by atoms with Gasteiger partial charge in [0.1, 0.15) is 6.04 Å². The average Bonchev–Trinajstić information content (AvgIpc) is 2.45. The van der Waals surface area contributed by atoms with Crippen LogP contribution in [-0.2, 0) is 4.79 Å². The highest BCUT2D eigenvalue weighted by Gasteiger charge is 2.30. The molecule has 5 nitrogen and oxygen atoms in total. The summed E-state index contributed by atoms with van der Waals surface area (Å²) in [5.74, 6) is -0.982. The van der Waals surface area contributed by atoms with Crippen LogP contribution in [0.15, 0.2) is 24.3 Å². The second-order valence-corrected chi connectivity index (χ2v) is 5.76. The van der Waals surface area contributed by atoms with Crippen LogP contribution in [0.3, 0.4) is 0 Å². The molecule has 2 amide bonds. The highest BCUT2D eigenvalue weighted by atomic mass is 35.5. The number of rotatable bonds is 4. The zero-order valence-corrected chi connectivity index (χ0v) is 12.4. The molecule has 1 aliphatic carbocycles. The Morgan fingerprint density at radius 2 is 1.95 bits per heavy atom. The largest absolute Gasteiger partial charge is 0.480 e. The van der Waals surface area contributed by atoms with Gasteiger partial charge in [0.25, 0.3) is 0 Å². The van der Waals surface area contributed by atoms with Crippen molar-refractivity contribution >= 4 is 29.3 Å². The smallest absolute Gasteiger partial charge is 0.326 e. The number of halogens is 1. The Hall–Kier alpha value is -1.75. The summed E-state index contributed by atoms with van der Waals surface area (Å²) in [5, 5.41) is 15.0. The van der Waals surface area contributed by atoms with Crippen LogP contribution in [0.25, 0.3) is 0 Å². The van der Waals surface area contributed by atoms with E-state index >= 15 is 0 Å². The van der Waals surface area contributed by atoms with Gasteiger partial charge in [-0.05, 0) is 37.0 Å². The van der Waals surface area contributed by atoms with E-state index in [2.05, 4.69) is 10.6 Å². The van der Waals surface area contributed by atoms with E-state index in [1.165, 1.54) is 0 Å². The van der Waals surface area contributed by atoms with Crippen LogP contribution >= 0.6 is 11.6 Å². The van der Waals surface area contributed by atoms with Gasteiger partial charge in [0.15, 0.2) is 0 Å². The summed E-state index contributed by atoms with van der Waals surface area (Å²) in [7, 11) is 0. The second-order valence-electron chi connectivity index (χ2n) is 5.32. The maximum Gasteiger partial charge on any atom is 0.326 e. The summed E-state index contributed by atoms with van der Waals surface area (Å²) >= 11 is 5.84. The standard InChI is InChI=1S/C15H19ClN2O3/c16-11-7-4-8-12(9-11)17-15(21)18-13(14(19)20)10-5-2-1-3-6-10/h4,7-10,13H,1-3,5-6H2,(H,19,20)(H2,17,18,21). The molecule has 1 atom stereocenters. The van der Waals surface area contributed by atoms with Crippen molar-refractivity contribution in [1.82, 2.24) is 5.32 Å². The lowest BCUT2D eigenvalue weighted by molar-refractivity contribution is -0.141. The number of carboxylic acids is 1. The van der Waals surface area contributed by atoms with E-state index < -0.39 is 18.0 Å². The van der Waals surface area contributed by atoms with Gasteiger partial charge in [0, 0.05) is 10.7 Å². The minimum Gasteiger partial charge on any atom is -0.480 e. The topological polar surface area (TPSA) is 78.4 Å². The first-order valence-electron chi connectivity index (χ1n) is 7.12. The molecule has 0 radical (unpaired) electrons. The first-order chi connectivity index (χ1) is 10.1. The van der Waals surface area contributed by atoms with Crippen molar-refractivity contribution < 1.29 is 14.7 Å². The van der Waals surface area contributed by atoms with Crippen molar-refractivity contribution in [2.45, 2.75) is 38.1 Å². The number of benzene rings is 1. The summed E-state index contributed by atoms with van der Waals surface area (Å²) in [6.07, 6.45) is 4.86. The Labute approximate surface area is 128 Å². The molecule has 0 aromatic heterocycles. The summed E-state index contributed by atoms with van der Waals surface area (Å²) in [5.41, 5.74) is 0.535. The summed E-state index contributed by atoms with van der Waals surface area (Å²) in [6, 6.07) is 5.36. The molecule has 1 aliphatic rings. The van der Waals surface area contributed by atoms with Crippen LogP contribution in [0.4, 0.5) is 10.5 Å². The summed E-state index contributed by atoms with van der Waals surface area (Å²) in [6.45, 7) is 0. The Kier molecular flexibility index (Phi) is 5.44. The molecular formula is C15H19ClN2O3. The zero-order chi connectivity index (χ0) is 15.2. The predicted molar refractivity (Wildman–Crippen MR) is 81.6 cm³/mol. The first kappa shape index (κ1) is 15.6. The molecule has 2 rings (SSSR count). The molecule has 1 aromatic rings. The average molecular weight is 311 g/mol. The molecule has 0 aliphatic heterocycles. The fourth-order valence-electron chi connectivity index (χ4n) is 2.72. The molecule has 3 N–H and O–H groups in total. The van der Waals surface area contributed by atoms with E-state index in [4.69, 9.17) is 11.6 Å². The molecule has 0 heterocycles. The van der Waals surface area contributed by atoms with Crippen LogP contribution in [0.1, 0.15) is 32.1 Å². The number of carbonyl (C=O) groups excluding carboxylic acids is 1. The number of nitrogens with one attached hydrogen (secondary N) is 2. The van der Waals surface area contributed by atoms with Gasteiger partial charge in [-0.2, -0.15) is 0 Å². The molecule has 1 saturated carbocycles. The highest BCUT2D eigenvalue weighted by molar-refractivity contribution is 6.30. The van der Waals surface area contributed by atoms with E-state index in [1.807, 2.05) is 0 Å². The third-order valence-electron chi connectivity index (χ3n) is 3.76. The number of amides is 2. The van der Waals surface area contributed by atoms with Crippen molar-refractivity contribution in [3.63, 3.8) is 0 Å². The molecule has 21 heavy (non-hydrogen) atoms. The van der Waals surface area contributed by atoms with E-state index in [-0.39, 0.29) is 5.92 Å². The van der Waals surface area contributed by atoms with Gasteiger partial charge in [-0.1, -0.05) is 36.9 Å². The monoisotopic (exact) mass is 310 g/mol. The Balaban J connectivity index is 1.96. The normalized spacial score (nSPS) is 17.0. The fraction of sp³-hybridized carbons (Fsp3) is 0.467. The van der Waals surface area contributed by atoms with Crippen LogP contribution < -0.4 is 10.6 Å². The van der Waals surface area contributed by atoms with Crippen LogP contribution in [-0.4, -0.2) is 23.1 Å². The van der Waals surface area contributed by atoms with Gasteiger partial charge in [-0.25, -0.2) is 9.59 Å². The van der Waals surface area contributed by atoms with Gasteiger partial charge in [-0.15, -0.1) is 0 Å². The number of hydrogen-bond donors (Lipinski definition) is 3. The molecule has 0 saturated heterocycles. The molecule has 0 spiro atoms. The first-order valence-corrected chi connectivity index (χ1v) is 7.50. The fourth-order valence-corrected chi connectivity index (χ4v) is 2.91. The Bertz CT molecular complexity index is 515. The Morgan fingerprint density at radius 1 is 1.24 bits per heavy atom. The van der Waals surface area contributed by atoms with Gasteiger partial charge in [0.05, 0.1) is 0 Å². The van der Waals surface area contributed by atoms with Crippen LogP contribution in [0, 0.1) is 5.92 Å². The lowest BCUT2D eigenvalue weighted by Crippen LogP contribution is -2.48. The predicted octanol–water partition coefficient (Wildman–Crippen LogP) is 3.50. The number of aliphatic carboxylic acids is 1. The van der Waals surface area contributed by atoms with Gasteiger partial charge in [0.2, 0.25) is 0 Å². The van der Waals surface area contributed by atoms with E-state index in [0.29, 0.717) is 10.7 Å². The molecule has 0 bridgehead atoms. The quantitative estimate of drug-likeness (QED) is 0.796. The highest BCUT2D eigenvalue weighted by Crippen LogP contribution is 2.26. The van der Waals surface area contributed by atoms with Crippen molar-refractivity contribution in [3.05, 3.63) is 29.3 Å². The maximum atomic E-state index is 12.0.